The summed E-state index contributed by atoms with van der Waals surface area (Å²) in [4.78, 5) is 28.1. The second-order valence-corrected chi connectivity index (χ2v) is 5.14. The highest BCUT2D eigenvalue weighted by atomic mass is 16.5. The SMILES string of the molecule is CN(Cc1cccnc1)C(=O)C=Cc1ccc(OCC(=O)O)cc1. The van der Waals surface area contributed by atoms with Crippen LogP contribution in [0.25, 0.3) is 6.08 Å². The first-order chi connectivity index (χ1) is 11.5. The van der Waals surface area contributed by atoms with Crippen LogP contribution in [0.4, 0.5) is 0 Å². The molecule has 1 heterocycles. The third-order valence-electron chi connectivity index (χ3n) is 3.18. The normalized spacial score (nSPS) is 10.5. The minimum atomic E-state index is -1.03. The van der Waals surface area contributed by atoms with Crippen molar-refractivity contribution in [1.29, 1.82) is 0 Å². The molecule has 1 aromatic carbocycles. The Morgan fingerprint density at radius 2 is 2.00 bits per heavy atom. The predicted molar refractivity (Wildman–Crippen MR) is 89.3 cm³/mol. The predicted octanol–water partition coefficient (Wildman–Crippen LogP) is 2.22. The lowest BCUT2D eigenvalue weighted by Crippen LogP contribution is -2.24. The highest BCUT2D eigenvalue weighted by molar-refractivity contribution is 5.91. The first-order valence-electron chi connectivity index (χ1n) is 7.31. The van der Waals surface area contributed by atoms with E-state index in [0.29, 0.717) is 12.3 Å². The molecule has 0 aliphatic heterocycles. The van der Waals surface area contributed by atoms with Crippen molar-refractivity contribution in [3.8, 4) is 5.75 Å². The van der Waals surface area contributed by atoms with Crippen molar-refractivity contribution in [2.45, 2.75) is 6.54 Å². The summed E-state index contributed by atoms with van der Waals surface area (Å²) in [5.41, 5.74) is 1.78. The van der Waals surface area contributed by atoms with Crippen LogP contribution in [-0.2, 0) is 16.1 Å². The van der Waals surface area contributed by atoms with Crippen molar-refractivity contribution in [1.82, 2.24) is 9.88 Å². The highest BCUT2D eigenvalue weighted by Crippen LogP contribution is 2.13. The molecule has 0 aliphatic carbocycles. The van der Waals surface area contributed by atoms with Crippen LogP contribution < -0.4 is 4.74 Å². The number of carboxylic acid groups (broad SMARTS) is 1. The van der Waals surface area contributed by atoms with E-state index in [-0.39, 0.29) is 12.5 Å². The van der Waals surface area contributed by atoms with Crippen molar-refractivity contribution in [3.05, 3.63) is 66.0 Å². The van der Waals surface area contributed by atoms with Gasteiger partial charge in [0.2, 0.25) is 5.91 Å². The van der Waals surface area contributed by atoms with E-state index >= 15 is 0 Å². The minimum absolute atomic E-state index is 0.120. The van der Waals surface area contributed by atoms with E-state index in [4.69, 9.17) is 9.84 Å². The molecule has 6 heteroatoms. The van der Waals surface area contributed by atoms with Gasteiger partial charge < -0.3 is 14.7 Å². The Labute approximate surface area is 140 Å². The van der Waals surface area contributed by atoms with Gasteiger partial charge in [-0.1, -0.05) is 18.2 Å². The maximum Gasteiger partial charge on any atom is 0.341 e. The smallest absolute Gasteiger partial charge is 0.341 e. The number of nitrogens with zero attached hydrogens (tertiary/aromatic N) is 2. The van der Waals surface area contributed by atoms with Gasteiger partial charge in [-0.3, -0.25) is 9.78 Å². The number of aromatic nitrogens is 1. The molecular formula is C18H18N2O4. The molecule has 1 amide bonds. The van der Waals surface area contributed by atoms with Crippen LogP contribution in [0, 0.1) is 0 Å². The molecular weight excluding hydrogens is 308 g/mol. The quantitative estimate of drug-likeness (QED) is 0.789. The van der Waals surface area contributed by atoms with Crippen LogP contribution in [0.2, 0.25) is 0 Å². The van der Waals surface area contributed by atoms with E-state index in [2.05, 4.69) is 4.98 Å². The summed E-state index contributed by atoms with van der Waals surface area (Å²) < 4.78 is 5.05. The fraction of sp³-hybridized carbons (Fsp3) is 0.167. The van der Waals surface area contributed by atoms with Gasteiger partial charge in [0.1, 0.15) is 5.75 Å². The molecule has 2 aromatic rings. The second-order valence-electron chi connectivity index (χ2n) is 5.14. The molecule has 6 nitrogen and oxygen atoms in total. The molecule has 0 radical (unpaired) electrons. The van der Waals surface area contributed by atoms with Crippen molar-refractivity contribution in [2.75, 3.05) is 13.7 Å². The molecule has 0 saturated heterocycles. The maximum atomic E-state index is 12.1. The summed E-state index contributed by atoms with van der Waals surface area (Å²) >= 11 is 0. The molecule has 0 fully saturated rings. The molecule has 0 bridgehead atoms. The van der Waals surface area contributed by atoms with Crippen LogP contribution in [0.15, 0.2) is 54.9 Å². The van der Waals surface area contributed by atoms with Crippen LogP contribution >= 0.6 is 0 Å². The molecule has 0 spiro atoms. The summed E-state index contributed by atoms with van der Waals surface area (Å²) in [6, 6.07) is 10.6. The Kier molecular flexibility index (Phi) is 6.08. The zero-order valence-corrected chi connectivity index (χ0v) is 13.3. The topological polar surface area (TPSA) is 79.7 Å². The van der Waals surface area contributed by atoms with Gasteiger partial charge in [-0.05, 0) is 35.4 Å². The number of carbonyl (C=O) groups is 2. The van der Waals surface area contributed by atoms with Gasteiger partial charge in [-0.25, -0.2) is 4.79 Å². The van der Waals surface area contributed by atoms with Crippen molar-refractivity contribution in [3.63, 3.8) is 0 Å². The van der Waals surface area contributed by atoms with E-state index in [1.165, 1.54) is 6.08 Å². The van der Waals surface area contributed by atoms with Gasteiger partial charge in [0.15, 0.2) is 6.61 Å². The zero-order chi connectivity index (χ0) is 17.4. The number of likely N-dealkylation sites (N-methyl/N-ethyl adjacent to an activating group) is 1. The number of hydrogen-bond donors (Lipinski definition) is 1. The average molecular weight is 326 g/mol. The largest absolute Gasteiger partial charge is 0.482 e. The number of carboxylic acids is 1. The zero-order valence-electron chi connectivity index (χ0n) is 13.3. The molecule has 0 atom stereocenters. The standard InChI is InChI=1S/C18H18N2O4/c1-20(12-15-3-2-10-19-11-15)17(21)9-6-14-4-7-16(8-5-14)24-13-18(22)23/h2-11H,12-13H2,1H3,(H,22,23). The molecule has 1 N–H and O–H groups in total. The summed E-state index contributed by atoms with van der Waals surface area (Å²) in [6.45, 7) is 0.103. The lowest BCUT2D eigenvalue weighted by atomic mass is 10.2. The summed E-state index contributed by atoms with van der Waals surface area (Å²) in [5.74, 6) is -0.680. The van der Waals surface area contributed by atoms with E-state index in [9.17, 15) is 9.59 Å². The fourth-order valence-corrected chi connectivity index (χ4v) is 1.96. The lowest BCUT2D eigenvalue weighted by molar-refractivity contribution is -0.139. The van der Waals surface area contributed by atoms with Crippen LogP contribution in [0.1, 0.15) is 11.1 Å². The van der Waals surface area contributed by atoms with E-state index < -0.39 is 5.97 Å². The molecule has 124 valence electrons. The van der Waals surface area contributed by atoms with Crippen molar-refractivity contribution < 1.29 is 19.4 Å². The number of ether oxygens (including phenoxy) is 1. The Hall–Kier alpha value is -3.15. The van der Waals surface area contributed by atoms with Gasteiger partial charge >= 0.3 is 5.97 Å². The number of hydrogen-bond acceptors (Lipinski definition) is 4. The average Bonchev–Trinajstić information content (AvgIpc) is 2.59. The number of aliphatic carboxylic acids is 1. The summed E-state index contributed by atoms with van der Waals surface area (Å²) in [6.07, 6.45) is 6.60. The van der Waals surface area contributed by atoms with Gasteiger partial charge in [-0.15, -0.1) is 0 Å². The summed E-state index contributed by atoms with van der Waals surface area (Å²) in [5, 5.41) is 8.55. The number of carbonyl (C=O) groups excluding carboxylic acids is 1. The lowest BCUT2D eigenvalue weighted by Gasteiger charge is -2.14. The van der Waals surface area contributed by atoms with Crippen LogP contribution in [-0.4, -0.2) is 40.5 Å². The van der Waals surface area contributed by atoms with E-state index in [1.54, 1.807) is 54.7 Å². The van der Waals surface area contributed by atoms with Gasteiger partial charge in [0.25, 0.3) is 0 Å². The van der Waals surface area contributed by atoms with Gasteiger partial charge in [0.05, 0.1) is 0 Å². The van der Waals surface area contributed by atoms with E-state index in [0.717, 1.165) is 11.1 Å². The van der Waals surface area contributed by atoms with Crippen LogP contribution in [0.5, 0.6) is 5.75 Å². The Morgan fingerprint density at radius 1 is 1.25 bits per heavy atom. The monoisotopic (exact) mass is 326 g/mol. The fourth-order valence-electron chi connectivity index (χ4n) is 1.96. The summed E-state index contributed by atoms with van der Waals surface area (Å²) in [7, 11) is 1.72. The second kappa shape index (κ2) is 8.47. The molecule has 1 aromatic heterocycles. The number of amides is 1. The molecule has 24 heavy (non-hydrogen) atoms. The van der Waals surface area contributed by atoms with Crippen molar-refractivity contribution >= 4 is 18.0 Å². The third-order valence-corrected chi connectivity index (χ3v) is 3.18. The van der Waals surface area contributed by atoms with E-state index in [1.807, 2.05) is 12.1 Å². The first-order valence-corrected chi connectivity index (χ1v) is 7.31. The first kappa shape index (κ1) is 17.2. The minimum Gasteiger partial charge on any atom is -0.482 e. The van der Waals surface area contributed by atoms with Gasteiger partial charge in [-0.2, -0.15) is 0 Å². The third kappa shape index (κ3) is 5.57. The Morgan fingerprint density at radius 3 is 2.62 bits per heavy atom. The number of rotatable bonds is 7. The molecule has 0 aliphatic rings. The number of benzene rings is 1. The highest BCUT2D eigenvalue weighted by Gasteiger charge is 2.05. The molecule has 0 saturated carbocycles. The maximum absolute atomic E-state index is 12.1. The Bertz CT molecular complexity index is 712. The molecule has 0 unspecified atom stereocenters. The Balaban J connectivity index is 1.89. The molecule has 2 rings (SSSR count). The van der Waals surface area contributed by atoms with Gasteiger partial charge in [0, 0.05) is 32.1 Å². The number of pyridine rings is 1. The van der Waals surface area contributed by atoms with Crippen molar-refractivity contribution in [2.24, 2.45) is 0 Å². The van der Waals surface area contributed by atoms with Crippen LogP contribution in [0.3, 0.4) is 0 Å².